The molecule has 0 aromatic heterocycles. The van der Waals surface area contributed by atoms with Crippen LogP contribution in [0.3, 0.4) is 0 Å². The monoisotopic (exact) mass is 346 g/mol. The van der Waals surface area contributed by atoms with E-state index in [0.717, 1.165) is 5.56 Å². The second kappa shape index (κ2) is 7.84. The molecule has 0 saturated heterocycles. The van der Waals surface area contributed by atoms with E-state index < -0.39 is 5.91 Å². The molecule has 0 fully saturated rings. The molecule has 1 atom stereocenters. The maximum absolute atomic E-state index is 12.7. The highest BCUT2D eigenvalue weighted by Crippen LogP contribution is 2.23. The number of ether oxygens (including phenoxy) is 1. The van der Waals surface area contributed by atoms with Crippen molar-refractivity contribution in [3.8, 4) is 5.75 Å². The summed E-state index contributed by atoms with van der Waals surface area (Å²) in [7, 11) is 1.73. The van der Waals surface area contributed by atoms with E-state index in [0.29, 0.717) is 16.3 Å². The van der Waals surface area contributed by atoms with E-state index in [1.165, 1.54) is 0 Å². The van der Waals surface area contributed by atoms with Crippen LogP contribution in [0.1, 0.15) is 28.9 Å². The van der Waals surface area contributed by atoms with Gasteiger partial charge in [-0.1, -0.05) is 29.8 Å². The van der Waals surface area contributed by atoms with Crippen molar-refractivity contribution in [1.29, 1.82) is 0 Å². The van der Waals surface area contributed by atoms with E-state index in [9.17, 15) is 9.59 Å². The van der Waals surface area contributed by atoms with Crippen LogP contribution in [0.2, 0.25) is 5.02 Å². The van der Waals surface area contributed by atoms with Gasteiger partial charge in [-0.2, -0.15) is 0 Å². The number of nitrogens with two attached hydrogens (primary N) is 1. The van der Waals surface area contributed by atoms with Gasteiger partial charge in [-0.15, -0.1) is 0 Å². The number of hydrogen-bond acceptors (Lipinski definition) is 3. The van der Waals surface area contributed by atoms with E-state index in [1.54, 1.807) is 48.3 Å². The summed E-state index contributed by atoms with van der Waals surface area (Å²) in [4.78, 5) is 25.1. The van der Waals surface area contributed by atoms with Crippen LogP contribution in [0.15, 0.2) is 48.5 Å². The third-order valence-electron chi connectivity index (χ3n) is 3.72. The first-order valence-electron chi connectivity index (χ1n) is 7.42. The highest BCUT2D eigenvalue weighted by atomic mass is 35.5. The Balaban J connectivity index is 2.13. The standard InChI is InChI=1S/C18H19ClN2O3/c1-12(13-6-8-15(19)9-7-13)21(2)18(23)14-4-3-5-16(10-14)24-11-17(20)22/h3-10,12H,11H2,1-2H3,(H2,20,22). The van der Waals surface area contributed by atoms with Crippen LogP contribution in [0.25, 0.3) is 0 Å². The van der Waals surface area contributed by atoms with Crippen molar-refractivity contribution in [2.75, 3.05) is 13.7 Å². The molecule has 0 aliphatic rings. The fraction of sp³-hybridized carbons (Fsp3) is 0.222. The third-order valence-corrected chi connectivity index (χ3v) is 3.97. The van der Waals surface area contributed by atoms with Crippen LogP contribution in [0, 0.1) is 0 Å². The van der Waals surface area contributed by atoms with Gasteiger partial charge < -0.3 is 15.4 Å². The zero-order valence-electron chi connectivity index (χ0n) is 13.5. The molecule has 0 heterocycles. The van der Waals surface area contributed by atoms with Crippen LogP contribution >= 0.6 is 11.6 Å². The molecular weight excluding hydrogens is 328 g/mol. The Morgan fingerprint density at radius 3 is 2.50 bits per heavy atom. The van der Waals surface area contributed by atoms with Gasteiger partial charge in [0.25, 0.3) is 11.8 Å². The van der Waals surface area contributed by atoms with Crippen LogP contribution in [0.5, 0.6) is 5.75 Å². The molecule has 6 heteroatoms. The number of carbonyl (C=O) groups is 2. The Morgan fingerprint density at radius 1 is 1.21 bits per heavy atom. The number of amides is 2. The fourth-order valence-electron chi connectivity index (χ4n) is 2.22. The molecule has 2 N–H and O–H groups in total. The first-order valence-corrected chi connectivity index (χ1v) is 7.80. The van der Waals surface area contributed by atoms with Gasteiger partial charge in [0.05, 0.1) is 6.04 Å². The Kier molecular flexibility index (Phi) is 5.82. The predicted octanol–water partition coefficient (Wildman–Crippen LogP) is 3.04. The third kappa shape index (κ3) is 4.49. The minimum Gasteiger partial charge on any atom is -0.484 e. The van der Waals surface area contributed by atoms with Gasteiger partial charge in [0.2, 0.25) is 0 Å². The quantitative estimate of drug-likeness (QED) is 0.873. The highest BCUT2D eigenvalue weighted by Gasteiger charge is 2.19. The molecule has 2 rings (SSSR count). The summed E-state index contributed by atoms with van der Waals surface area (Å²) >= 11 is 5.90. The van der Waals surface area contributed by atoms with Gasteiger partial charge in [-0.3, -0.25) is 9.59 Å². The summed E-state index contributed by atoms with van der Waals surface area (Å²) in [6, 6.07) is 13.9. The molecule has 0 bridgehead atoms. The largest absolute Gasteiger partial charge is 0.484 e. The van der Waals surface area contributed by atoms with Crippen LogP contribution in [-0.4, -0.2) is 30.4 Å². The molecule has 2 aromatic rings. The average Bonchev–Trinajstić information content (AvgIpc) is 2.59. The lowest BCUT2D eigenvalue weighted by molar-refractivity contribution is -0.119. The molecule has 24 heavy (non-hydrogen) atoms. The topological polar surface area (TPSA) is 72.6 Å². The fourth-order valence-corrected chi connectivity index (χ4v) is 2.34. The minimum absolute atomic E-state index is 0.120. The molecule has 5 nitrogen and oxygen atoms in total. The van der Waals surface area contributed by atoms with Gasteiger partial charge in [0, 0.05) is 17.6 Å². The molecule has 0 aliphatic carbocycles. The summed E-state index contributed by atoms with van der Waals surface area (Å²) in [5.41, 5.74) is 6.51. The van der Waals surface area contributed by atoms with Gasteiger partial charge >= 0.3 is 0 Å². The number of primary amides is 1. The number of rotatable bonds is 6. The maximum Gasteiger partial charge on any atom is 0.255 e. The summed E-state index contributed by atoms with van der Waals surface area (Å²) in [5.74, 6) is -0.297. The Bertz CT molecular complexity index is 731. The van der Waals surface area contributed by atoms with Crippen molar-refractivity contribution in [2.45, 2.75) is 13.0 Å². The molecule has 0 aliphatic heterocycles. The van der Waals surface area contributed by atoms with E-state index in [2.05, 4.69) is 0 Å². The summed E-state index contributed by atoms with van der Waals surface area (Å²) in [5, 5.41) is 0.652. The molecule has 0 spiro atoms. The van der Waals surface area contributed by atoms with Crippen molar-refractivity contribution in [2.24, 2.45) is 5.73 Å². The maximum atomic E-state index is 12.7. The van der Waals surface area contributed by atoms with Crippen LogP contribution < -0.4 is 10.5 Å². The smallest absolute Gasteiger partial charge is 0.255 e. The van der Waals surface area contributed by atoms with Crippen LogP contribution in [0.4, 0.5) is 0 Å². The minimum atomic E-state index is -0.569. The second-order valence-corrected chi connectivity index (χ2v) is 5.86. The van der Waals surface area contributed by atoms with Gasteiger partial charge in [0.1, 0.15) is 5.75 Å². The number of nitrogens with zero attached hydrogens (tertiary/aromatic N) is 1. The summed E-state index contributed by atoms with van der Waals surface area (Å²) in [6.45, 7) is 1.71. The van der Waals surface area contributed by atoms with Crippen molar-refractivity contribution in [3.63, 3.8) is 0 Å². The molecule has 0 saturated carbocycles. The lowest BCUT2D eigenvalue weighted by Crippen LogP contribution is -2.29. The number of benzene rings is 2. The van der Waals surface area contributed by atoms with E-state index in [1.807, 2.05) is 19.1 Å². The van der Waals surface area contributed by atoms with Crippen molar-refractivity contribution < 1.29 is 14.3 Å². The van der Waals surface area contributed by atoms with Gasteiger partial charge in [-0.25, -0.2) is 0 Å². The van der Waals surface area contributed by atoms with Gasteiger partial charge in [0.15, 0.2) is 6.61 Å². The summed E-state index contributed by atoms with van der Waals surface area (Å²) in [6.07, 6.45) is 0. The van der Waals surface area contributed by atoms with Crippen LogP contribution in [-0.2, 0) is 4.79 Å². The van der Waals surface area contributed by atoms with E-state index >= 15 is 0 Å². The molecule has 2 aromatic carbocycles. The van der Waals surface area contributed by atoms with E-state index in [4.69, 9.17) is 22.1 Å². The number of halogens is 1. The lowest BCUT2D eigenvalue weighted by atomic mass is 10.1. The molecule has 126 valence electrons. The van der Waals surface area contributed by atoms with E-state index in [-0.39, 0.29) is 18.6 Å². The molecule has 2 amide bonds. The summed E-state index contributed by atoms with van der Waals surface area (Å²) < 4.78 is 5.24. The SMILES string of the molecule is CC(c1ccc(Cl)cc1)N(C)C(=O)c1cccc(OCC(N)=O)c1. The van der Waals surface area contributed by atoms with Crippen molar-refractivity contribution >= 4 is 23.4 Å². The Hall–Kier alpha value is -2.53. The zero-order chi connectivity index (χ0) is 17.7. The Labute approximate surface area is 146 Å². The van der Waals surface area contributed by atoms with Gasteiger partial charge in [-0.05, 0) is 42.8 Å². The zero-order valence-corrected chi connectivity index (χ0v) is 14.3. The second-order valence-electron chi connectivity index (χ2n) is 5.43. The first kappa shape index (κ1) is 17.8. The molecule has 1 unspecified atom stereocenters. The average molecular weight is 347 g/mol. The molecule has 0 radical (unpaired) electrons. The number of hydrogen-bond donors (Lipinski definition) is 1. The van der Waals surface area contributed by atoms with Crippen molar-refractivity contribution in [1.82, 2.24) is 4.90 Å². The Morgan fingerprint density at radius 2 is 1.88 bits per heavy atom. The van der Waals surface area contributed by atoms with Crippen molar-refractivity contribution in [3.05, 3.63) is 64.7 Å². The first-order chi connectivity index (χ1) is 11.4. The number of carbonyl (C=O) groups excluding carboxylic acids is 2. The predicted molar refractivity (Wildman–Crippen MR) is 93.1 cm³/mol. The highest BCUT2D eigenvalue weighted by molar-refractivity contribution is 6.30. The molecular formula is C18H19ClN2O3. The normalized spacial score (nSPS) is 11.6. The lowest BCUT2D eigenvalue weighted by Gasteiger charge is -2.25.